The number of nitrogens with one attached hydrogen (secondary N) is 1. The molecule has 1 atom stereocenters. The molecule has 0 spiro atoms. The second-order valence-corrected chi connectivity index (χ2v) is 6.86. The van der Waals surface area contributed by atoms with Gasteiger partial charge in [0.2, 0.25) is 5.91 Å². The second-order valence-electron chi connectivity index (χ2n) is 5.76. The molecule has 120 valence electrons. The number of anilines is 1. The predicted octanol–water partition coefficient (Wildman–Crippen LogP) is 3.46. The van der Waals surface area contributed by atoms with E-state index in [-0.39, 0.29) is 47.2 Å². The Morgan fingerprint density at radius 3 is 2.45 bits per heavy atom. The van der Waals surface area contributed by atoms with E-state index in [0.717, 1.165) is 24.2 Å². The third-order valence-electron chi connectivity index (χ3n) is 4.12. The van der Waals surface area contributed by atoms with Gasteiger partial charge in [-0.05, 0) is 37.7 Å². The molecule has 0 aromatic carbocycles. The van der Waals surface area contributed by atoms with E-state index in [1.807, 2.05) is 0 Å². The van der Waals surface area contributed by atoms with E-state index in [9.17, 15) is 27.9 Å². The molecular formula is C14H14F3NO3S. The average molecular weight is 333 g/mol. The number of carboxylic acids is 1. The zero-order valence-electron chi connectivity index (χ0n) is 11.5. The minimum Gasteiger partial charge on any atom is -0.478 e. The summed E-state index contributed by atoms with van der Waals surface area (Å²) in [6.07, 6.45) is -2.94. The molecule has 1 aromatic heterocycles. The number of aryl methyl sites for hydroxylation is 1. The molecule has 2 aliphatic carbocycles. The number of alkyl halides is 3. The summed E-state index contributed by atoms with van der Waals surface area (Å²) in [5, 5.41) is 12.1. The van der Waals surface area contributed by atoms with E-state index in [1.165, 1.54) is 0 Å². The Kier molecular flexibility index (Phi) is 3.66. The van der Waals surface area contributed by atoms with E-state index in [1.54, 1.807) is 0 Å². The largest absolute Gasteiger partial charge is 0.478 e. The average Bonchev–Trinajstić information content (AvgIpc) is 3.18. The van der Waals surface area contributed by atoms with Crippen LogP contribution in [0.15, 0.2) is 0 Å². The molecule has 0 radical (unpaired) electrons. The molecular weight excluding hydrogens is 319 g/mol. The summed E-state index contributed by atoms with van der Waals surface area (Å²) < 4.78 is 38.7. The van der Waals surface area contributed by atoms with E-state index >= 15 is 0 Å². The first-order valence-electron chi connectivity index (χ1n) is 7.02. The molecule has 4 nitrogen and oxygen atoms in total. The number of thiophene rings is 1. The number of rotatable bonds is 3. The lowest BCUT2D eigenvalue weighted by atomic mass is 9.86. The van der Waals surface area contributed by atoms with Crippen molar-refractivity contribution in [2.24, 2.45) is 11.8 Å². The van der Waals surface area contributed by atoms with Crippen LogP contribution in [0.2, 0.25) is 0 Å². The molecule has 8 heteroatoms. The lowest BCUT2D eigenvalue weighted by Crippen LogP contribution is -2.29. The normalized spacial score (nSPS) is 21.3. The number of carbonyl (C=O) groups excluding carboxylic acids is 1. The van der Waals surface area contributed by atoms with Crippen LogP contribution in [0.3, 0.4) is 0 Å². The fraction of sp³-hybridized carbons (Fsp3) is 0.571. The van der Waals surface area contributed by atoms with Gasteiger partial charge in [0.1, 0.15) is 5.00 Å². The van der Waals surface area contributed by atoms with Gasteiger partial charge in [-0.15, -0.1) is 11.3 Å². The second kappa shape index (κ2) is 5.26. The van der Waals surface area contributed by atoms with Crippen molar-refractivity contribution < 1.29 is 27.9 Å². The molecule has 1 aromatic rings. The summed E-state index contributed by atoms with van der Waals surface area (Å²) in [6, 6.07) is 0. The quantitative estimate of drug-likeness (QED) is 0.890. The highest BCUT2D eigenvalue weighted by Crippen LogP contribution is 2.44. The summed E-state index contributed by atoms with van der Waals surface area (Å²) in [4.78, 5) is 23.9. The lowest BCUT2D eigenvalue weighted by molar-refractivity contribution is -0.177. The molecule has 1 saturated carbocycles. The highest BCUT2D eigenvalue weighted by atomic mass is 32.1. The van der Waals surface area contributed by atoms with Crippen molar-refractivity contribution in [3.63, 3.8) is 0 Å². The molecule has 1 unspecified atom stereocenters. The van der Waals surface area contributed by atoms with Crippen LogP contribution >= 0.6 is 11.3 Å². The number of fused-ring (bicyclic) bond motifs is 1. The number of hydrogen-bond acceptors (Lipinski definition) is 3. The molecule has 2 N–H and O–H groups in total. The van der Waals surface area contributed by atoms with Gasteiger partial charge in [-0.25, -0.2) is 4.79 Å². The third-order valence-corrected chi connectivity index (χ3v) is 5.33. The fourth-order valence-corrected chi connectivity index (χ4v) is 3.98. The molecule has 0 bridgehead atoms. The Bertz CT molecular complexity index is 634. The highest BCUT2D eigenvalue weighted by Gasteiger charge is 2.43. The minimum atomic E-state index is -4.33. The highest BCUT2D eigenvalue weighted by molar-refractivity contribution is 7.17. The number of halogens is 3. The summed E-state index contributed by atoms with van der Waals surface area (Å²) >= 11 is 1.10. The smallest absolute Gasteiger partial charge is 0.392 e. The monoisotopic (exact) mass is 333 g/mol. The van der Waals surface area contributed by atoms with Crippen molar-refractivity contribution in [2.45, 2.75) is 38.3 Å². The number of hydrogen-bond donors (Lipinski definition) is 2. The van der Waals surface area contributed by atoms with Gasteiger partial charge in [-0.1, -0.05) is 0 Å². The van der Waals surface area contributed by atoms with Gasteiger partial charge >= 0.3 is 12.1 Å². The van der Waals surface area contributed by atoms with Crippen LogP contribution < -0.4 is 5.32 Å². The van der Waals surface area contributed by atoms with Gasteiger partial charge in [0, 0.05) is 10.8 Å². The van der Waals surface area contributed by atoms with Crippen LogP contribution in [-0.2, 0) is 17.6 Å². The standard InChI is InChI=1S/C14H14F3NO3S/c15-14(16,17)7-3-4-9-8(5-7)10(13(20)21)12(22-9)18-11(19)6-1-2-6/h6-7H,1-5H2,(H,18,19)(H,20,21). The Morgan fingerprint density at radius 1 is 1.23 bits per heavy atom. The van der Waals surface area contributed by atoms with E-state index in [2.05, 4.69) is 5.32 Å². The van der Waals surface area contributed by atoms with Crippen LogP contribution in [0.1, 0.15) is 40.1 Å². The number of amides is 1. The number of aromatic carboxylic acids is 1. The van der Waals surface area contributed by atoms with Crippen LogP contribution in [-0.4, -0.2) is 23.2 Å². The van der Waals surface area contributed by atoms with Gasteiger partial charge < -0.3 is 10.4 Å². The molecule has 0 saturated heterocycles. The van der Waals surface area contributed by atoms with E-state index in [4.69, 9.17) is 0 Å². The molecule has 2 aliphatic rings. The Morgan fingerprint density at radius 2 is 1.91 bits per heavy atom. The van der Waals surface area contributed by atoms with Crippen LogP contribution in [0.4, 0.5) is 18.2 Å². The first-order chi connectivity index (χ1) is 10.3. The first kappa shape index (κ1) is 15.3. The van der Waals surface area contributed by atoms with Gasteiger partial charge in [0.25, 0.3) is 0 Å². The summed E-state index contributed by atoms with van der Waals surface area (Å²) in [6.45, 7) is 0. The van der Waals surface area contributed by atoms with E-state index < -0.39 is 18.1 Å². The Balaban J connectivity index is 1.92. The molecule has 1 fully saturated rings. The maximum atomic E-state index is 12.9. The topological polar surface area (TPSA) is 66.4 Å². The van der Waals surface area contributed by atoms with E-state index in [0.29, 0.717) is 4.88 Å². The number of carbonyl (C=O) groups is 2. The molecule has 22 heavy (non-hydrogen) atoms. The van der Waals surface area contributed by atoms with Crippen molar-refractivity contribution >= 4 is 28.2 Å². The summed E-state index contributed by atoms with van der Waals surface area (Å²) in [5.41, 5.74) is 0.0696. The van der Waals surface area contributed by atoms with Gasteiger partial charge in [0.05, 0.1) is 11.5 Å². The van der Waals surface area contributed by atoms with Gasteiger partial charge in [-0.2, -0.15) is 13.2 Å². The van der Waals surface area contributed by atoms with Crippen LogP contribution in [0.5, 0.6) is 0 Å². The van der Waals surface area contributed by atoms with Crippen molar-refractivity contribution in [3.8, 4) is 0 Å². The molecule has 3 rings (SSSR count). The summed E-state index contributed by atoms with van der Waals surface area (Å²) in [5.74, 6) is -3.14. The maximum absolute atomic E-state index is 12.9. The van der Waals surface area contributed by atoms with Gasteiger partial charge in [0.15, 0.2) is 0 Å². The Hall–Kier alpha value is -1.57. The van der Waals surface area contributed by atoms with Crippen molar-refractivity contribution in [2.75, 3.05) is 5.32 Å². The van der Waals surface area contributed by atoms with Gasteiger partial charge in [-0.3, -0.25) is 4.79 Å². The van der Waals surface area contributed by atoms with Crippen molar-refractivity contribution in [3.05, 3.63) is 16.0 Å². The zero-order valence-corrected chi connectivity index (χ0v) is 12.3. The molecule has 1 amide bonds. The fourth-order valence-electron chi connectivity index (χ4n) is 2.74. The van der Waals surface area contributed by atoms with Crippen LogP contribution in [0, 0.1) is 11.8 Å². The molecule has 0 aliphatic heterocycles. The summed E-state index contributed by atoms with van der Waals surface area (Å²) in [7, 11) is 0. The van der Waals surface area contributed by atoms with Crippen LogP contribution in [0.25, 0.3) is 0 Å². The zero-order chi connectivity index (χ0) is 16.1. The third kappa shape index (κ3) is 2.84. The SMILES string of the molecule is O=C(O)c1c(NC(=O)C2CC2)sc2c1CC(C(F)(F)F)CC2. The first-order valence-corrected chi connectivity index (χ1v) is 7.84. The lowest BCUT2D eigenvalue weighted by Gasteiger charge is -2.24. The maximum Gasteiger partial charge on any atom is 0.392 e. The minimum absolute atomic E-state index is 0.0356. The van der Waals surface area contributed by atoms with Crippen molar-refractivity contribution in [1.29, 1.82) is 0 Å². The Labute approximate surface area is 128 Å². The molecule has 1 heterocycles. The van der Waals surface area contributed by atoms with Crippen molar-refractivity contribution in [1.82, 2.24) is 0 Å². The predicted molar refractivity (Wildman–Crippen MR) is 74.2 cm³/mol. The number of carboxylic acid groups (broad SMARTS) is 1.